The molecule has 1 N–H and O–H groups in total. The minimum atomic E-state index is -4.66. The summed E-state index contributed by atoms with van der Waals surface area (Å²) >= 11 is 0. The first-order valence-corrected chi connectivity index (χ1v) is 8.47. The second-order valence-corrected chi connectivity index (χ2v) is 6.16. The zero-order chi connectivity index (χ0) is 22.7. The van der Waals surface area contributed by atoms with Gasteiger partial charge in [0.15, 0.2) is 0 Å². The van der Waals surface area contributed by atoms with Crippen molar-refractivity contribution >= 4 is 21.7 Å². The number of carbonyl (C=O) groups is 1. The molecule has 2 rings (SSSR count). The van der Waals surface area contributed by atoms with Gasteiger partial charge >= 0.3 is 18.1 Å². The van der Waals surface area contributed by atoms with E-state index in [9.17, 15) is 31.9 Å². The Morgan fingerprint density at radius 1 is 1.20 bits per heavy atom. The molecule has 0 bridgehead atoms. The molecule has 158 valence electrons. The van der Waals surface area contributed by atoms with Crippen molar-refractivity contribution in [1.82, 2.24) is 9.78 Å². The van der Waals surface area contributed by atoms with E-state index in [1.165, 1.54) is 13.0 Å². The number of aromatic nitrogens is 2. The highest BCUT2D eigenvalue weighted by atomic mass is 19.4. The number of carbonyl (C=O) groups excluding carboxylic acids is 1. The highest BCUT2D eigenvalue weighted by Crippen LogP contribution is 2.40. The van der Waals surface area contributed by atoms with Gasteiger partial charge in [-0.15, -0.1) is 0 Å². The third-order valence-electron chi connectivity index (χ3n) is 3.82. The fraction of sp³-hybridized carbons (Fsp3) is 0.412. The number of benzene rings is 1. The zero-order valence-corrected chi connectivity index (χ0v) is 15.6. The number of aliphatic hydroxyl groups excluding tert-OH is 1. The Morgan fingerprint density at radius 2 is 1.83 bits per heavy atom. The van der Waals surface area contributed by atoms with Gasteiger partial charge in [0.2, 0.25) is 6.10 Å². The van der Waals surface area contributed by atoms with Crippen molar-refractivity contribution in [2.45, 2.75) is 37.1 Å². The van der Waals surface area contributed by atoms with E-state index < -0.39 is 53.1 Å². The molecule has 1 atom stereocenters. The Labute approximate surface area is 170 Å². The lowest BCUT2D eigenvalue weighted by atomic mass is 9.63. The minimum absolute atomic E-state index is 0.248. The molecule has 0 aliphatic heterocycles. The van der Waals surface area contributed by atoms with Crippen molar-refractivity contribution in [3.8, 4) is 5.75 Å². The first kappa shape index (κ1) is 23.7. The van der Waals surface area contributed by atoms with E-state index in [4.69, 9.17) is 20.4 Å². The van der Waals surface area contributed by atoms with Crippen LogP contribution in [0.1, 0.15) is 18.2 Å². The van der Waals surface area contributed by atoms with Gasteiger partial charge in [0.05, 0.1) is 23.3 Å². The number of esters is 1. The third-order valence-corrected chi connectivity index (χ3v) is 3.82. The number of hydrogen-bond acceptors (Lipinski definition) is 5. The summed E-state index contributed by atoms with van der Waals surface area (Å²) in [6, 6.07) is 5.28. The van der Waals surface area contributed by atoms with Crippen LogP contribution in [0.4, 0.5) is 22.0 Å². The van der Waals surface area contributed by atoms with E-state index in [1.807, 2.05) is 0 Å². The topological polar surface area (TPSA) is 73.6 Å². The molecule has 0 fully saturated rings. The lowest BCUT2D eigenvalue weighted by molar-refractivity contribution is -0.179. The number of halogens is 5. The summed E-state index contributed by atoms with van der Waals surface area (Å²) in [5, 5.41) is 10.7. The lowest BCUT2D eigenvalue weighted by Gasteiger charge is -2.32. The zero-order valence-electron chi connectivity index (χ0n) is 15.6. The quantitative estimate of drug-likeness (QED) is 0.396. The minimum Gasteiger partial charge on any atom is -0.501 e. The summed E-state index contributed by atoms with van der Waals surface area (Å²) in [6.07, 6.45) is -6.56. The molecular formula is C17H15B2F5N2O4. The highest BCUT2D eigenvalue weighted by molar-refractivity contribution is 6.38. The molecule has 6 nitrogen and oxygen atoms in total. The Morgan fingerprint density at radius 3 is 2.43 bits per heavy atom. The number of ether oxygens (including phenoxy) is 2. The highest BCUT2D eigenvalue weighted by Gasteiger charge is 2.48. The van der Waals surface area contributed by atoms with Crippen LogP contribution >= 0.6 is 0 Å². The van der Waals surface area contributed by atoms with Crippen LogP contribution in [0.15, 0.2) is 36.5 Å². The number of hydrogen-bond donors (Lipinski definition) is 1. The molecule has 30 heavy (non-hydrogen) atoms. The molecule has 0 unspecified atom stereocenters. The van der Waals surface area contributed by atoms with Crippen molar-refractivity contribution in [3.05, 3.63) is 47.8 Å². The monoisotopic (exact) mass is 428 g/mol. The molecule has 1 aromatic carbocycles. The summed E-state index contributed by atoms with van der Waals surface area (Å²) in [5.41, 5.74) is -1.43. The average molecular weight is 428 g/mol. The predicted molar refractivity (Wildman–Crippen MR) is 95.1 cm³/mol. The molecule has 2 aromatic rings. The Bertz CT molecular complexity index is 889. The van der Waals surface area contributed by atoms with Gasteiger partial charge in [-0.1, -0.05) is 12.1 Å². The molecule has 0 saturated carbocycles. The fourth-order valence-corrected chi connectivity index (χ4v) is 2.54. The van der Waals surface area contributed by atoms with Crippen LogP contribution in [-0.2, 0) is 27.4 Å². The summed E-state index contributed by atoms with van der Waals surface area (Å²) in [6.45, 7) is -0.433. The van der Waals surface area contributed by atoms with E-state index in [-0.39, 0.29) is 6.61 Å². The SMILES string of the molecule is [B]C([B])(Oc1ccccc1C(F)(F)[C@H](O)C(=O)OCC)c1ccnn1CC(F)(F)F. The molecule has 13 heteroatoms. The Balaban J connectivity index is 2.39. The van der Waals surface area contributed by atoms with Crippen LogP contribution in [-0.4, -0.2) is 55.4 Å². The van der Waals surface area contributed by atoms with Gasteiger partial charge in [0.25, 0.3) is 0 Å². The Hall–Kier alpha value is -2.56. The van der Waals surface area contributed by atoms with Crippen LogP contribution in [0.5, 0.6) is 5.75 Å². The van der Waals surface area contributed by atoms with Gasteiger partial charge in [-0.05, 0) is 25.1 Å². The molecule has 0 aliphatic carbocycles. The summed E-state index contributed by atoms with van der Waals surface area (Å²) in [7, 11) is 11.5. The number of alkyl halides is 5. The number of rotatable bonds is 8. The first-order chi connectivity index (χ1) is 13.8. The van der Waals surface area contributed by atoms with Crippen LogP contribution < -0.4 is 4.74 Å². The Kier molecular flexibility index (Phi) is 6.85. The van der Waals surface area contributed by atoms with Crippen molar-refractivity contribution in [2.75, 3.05) is 6.61 Å². The summed E-state index contributed by atoms with van der Waals surface area (Å²) < 4.78 is 77.6. The maximum atomic E-state index is 14.7. The standard InChI is InChI=1S/C17H15B2F5N2O4/c1-2-29-14(28)13(27)16(23,24)10-5-3-4-6-11(10)30-17(18,19)12-7-8-25-26(12)9-15(20,21)22/h3-8,13,27H,2,9H2,1H3/t13-/m1/s1. The van der Waals surface area contributed by atoms with E-state index in [0.29, 0.717) is 4.68 Å². The first-order valence-electron chi connectivity index (χ1n) is 8.47. The maximum Gasteiger partial charge on any atom is 0.408 e. The molecule has 0 spiro atoms. The van der Waals surface area contributed by atoms with Gasteiger partial charge in [0, 0.05) is 6.20 Å². The molecule has 1 heterocycles. The molecule has 1 aromatic heterocycles. The predicted octanol–water partition coefficient (Wildman–Crippen LogP) is 1.99. The molecule has 4 radical (unpaired) electrons. The number of para-hydroxylation sites is 1. The van der Waals surface area contributed by atoms with Gasteiger partial charge in [0.1, 0.15) is 28.0 Å². The average Bonchev–Trinajstić information content (AvgIpc) is 3.08. The van der Waals surface area contributed by atoms with Gasteiger partial charge in [-0.3, -0.25) is 4.68 Å². The maximum absolute atomic E-state index is 14.7. The van der Waals surface area contributed by atoms with Gasteiger partial charge < -0.3 is 14.6 Å². The van der Waals surface area contributed by atoms with Crippen LogP contribution in [0, 0.1) is 0 Å². The smallest absolute Gasteiger partial charge is 0.408 e. The van der Waals surface area contributed by atoms with E-state index in [2.05, 4.69) is 9.84 Å². The van der Waals surface area contributed by atoms with Crippen molar-refractivity contribution in [3.63, 3.8) is 0 Å². The second-order valence-electron chi connectivity index (χ2n) is 6.16. The van der Waals surface area contributed by atoms with Crippen molar-refractivity contribution in [2.24, 2.45) is 0 Å². The lowest BCUT2D eigenvalue weighted by Crippen LogP contribution is -2.41. The van der Waals surface area contributed by atoms with Crippen LogP contribution in [0.2, 0.25) is 0 Å². The summed E-state index contributed by atoms with van der Waals surface area (Å²) in [4.78, 5) is 11.6. The van der Waals surface area contributed by atoms with Crippen LogP contribution in [0.3, 0.4) is 0 Å². The normalized spacial score (nSPS) is 13.7. The van der Waals surface area contributed by atoms with E-state index in [0.717, 1.165) is 30.5 Å². The fourth-order valence-electron chi connectivity index (χ4n) is 2.54. The van der Waals surface area contributed by atoms with E-state index in [1.54, 1.807) is 0 Å². The van der Waals surface area contributed by atoms with E-state index >= 15 is 0 Å². The number of nitrogens with zero attached hydrogens (tertiary/aromatic N) is 2. The van der Waals surface area contributed by atoms with Gasteiger partial charge in [-0.2, -0.15) is 27.1 Å². The number of aliphatic hydroxyl groups is 1. The molecule has 0 aliphatic rings. The molecule has 0 saturated heterocycles. The molecular weight excluding hydrogens is 413 g/mol. The largest absolute Gasteiger partial charge is 0.501 e. The summed E-state index contributed by atoms with van der Waals surface area (Å²) in [5.74, 6) is -6.44. The van der Waals surface area contributed by atoms with Gasteiger partial charge in [-0.25, -0.2) is 4.79 Å². The third kappa shape index (κ3) is 5.32. The van der Waals surface area contributed by atoms with Crippen molar-refractivity contribution in [1.29, 1.82) is 0 Å². The second kappa shape index (κ2) is 8.66. The molecule has 0 amide bonds. The van der Waals surface area contributed by atoms with Crippen molar-refractivity contribution < 1.29 is 41.3 Å². The van der Waals surface area contributed by atoms with Crippen LogP contribution in [0.25, 0.3) is 0 Å².